The van der Waals surface area contributed by atoms with Crippen LogP contribution in [0.4, 0.5) is 10.9 Å². The van der Waals surface area contributed by atoms with Crippen LogP contribution in [-0.2, 0) is 9.53 Å². The first kappa shape index (κ1) is 20.0. The van der Waals surface area contributed by atoms with E-state index in [9.17, 15) is 4.79 Å². The summed E-state index contributed by atoms with van der Waals surface area (Å²) >= 11 is 1.64. The molecule has 0 spiro atoms. The van der Waals surface area contributed by atoms with Gasteiger partial charge in [-0.1, -0.05) is 37.3 Å². The molecule has 29 heavy (non-hydrogen) atoms. The minimum atomic E-state index is -0.108. The van der Waals surface area contributed by atoms with Gasteiger partial charge in [0, 0.05) is 31.0 Å². The number of amides is 1. The van der Waals surface area contributed by atoms with E-state index >= 15 is 0 Å². The minimum Gasteiger partial charge on any atom is -0.493 e. The molecule has 7 nitrogen and oxygen atoms in total. The first-order valence-corrected chi connectivity index (χ1v) is 10.8. The molecule has 156 valence electrons. The van der Waals surface area contributed by atoms with Crippen LogP contribution in [0.2, 0.25) is 0 Å². The molecule has 1 fully saturated rings. The smallest absolute Gasteiger partial charge is 0.226 e. The van der Waals surface area contributed by atoms with Crippen LogP contribution in [-0.4, -0.2) is 50.9 Å². The first-order valence-electron chi connectivity index (χ1n) is 9.99. The third kappa shape index (κ3) is 4.18. The maximum Gasteiger partial charge on any atom is 0.226 e. The lowest BCUT2D eigenvalue weighted by Gasteiger charge is -2.26. The number of anilines is 2. The quantitative estimate of drug-likeness (QED) is 0.776. The highest BCUT2D eigenvalue weighted by molar-refractivity contribution is 7.16. The van der Waals surface area contributed by atoms with Crippen molar-refractivity contribution < 1.29 is 19.0 Å². The molecule has 1 atom stereocenters. The summed E-state index contributed by atoms with van der Waals surface area (Å²) in [4.78, 5) is 20.5. The van der Waals surface area contributed by atoms with Crippen LogP contribution >= 0.6 is 11.3 Å². The summed E-state index contributed by atoms with van der Waals surface area (Å²) in [6, 6.07) is 5.88. The molecule has 1 aromatic carbocycles. The Balaban J connectivity index is 1.72. The van der Waals surface area contributed by atoms with Crippen molar-refractivity contribution in [2.24, 2.45) is 5.92 Å². The first-order chi connectivity index (χ1) is 14.1. The van der Waals surface area contributed by atoms with Gasteiger partial charge in [-0.3, -0.25) is 4.79 Å². The predicted molar refractivity (Wildman–Crippen MR) is 114 cm³/mol. The number of aromatic nitrogens is 1. The average Bonchev–Trinajstić information content (AvgIpc) is 3.16. The van der Waals surface area contributed by atoms with E-state index in [1.807, 2.05) is 18.2 Å². The number of hydrogen-bond acceptors (Lipinski definition) is 7. The highest BCUT2D eigenvalue weighted by Crippen LogP contribution is 2.47. The number of methoxy groups -OCH3 is 1. The number of carbonyl (C=O) groups is 1. The normalized spacial score (nSPS) is 19.1. The third-order valence-corrected chi connectivity index (χ3v) is 6.28. The summed E-state index contributed by atoms with van der Waals surface area (Å²) in [6.45, 7) is 7.82. The van der Waals surface area contributed by atoms with Crippen LogP contribution in [0.3, 0.4) is 0 Å². The van der Waals surface area contributed by atoms with Crippen molar-refractivity contribution in [1.82, 2.24) is 4.98 Å². The lowest BCUT2D eigenvalue weighted by Crippen LogP contribution is -2.36. The Morgan fingerprint density at radius 3 is 2.86 bits per heavy atom. The van der Waals surface area contributed by atoms with E-state index in [2.05, 4.69) is 24.1 Å². The van der Waals surface area contributed by atoms with Gasteiger partial charge in [0.15, 0.2) is 16.6 Å². The molecule has 1 aromatic heterocycles. The average molecular weight is 418 g/mol. The van der Waals surface area contributed by atoms with E-state index in [1.165, 1.54) is 0 Å². The SMILES string of the molecule is COc1cccc(C2CC(=O)Nc3nc(N4CCOCC4)sc32)c1OCC(C)C. The van der Waals surface area contributed by atoms with Gasteiger partial charge in [0.05, 0.1) is 31.8 Å². The van der Waals surface area contributed by atoms with Crippen LogP contribution in [0.1, 0.15) is 36.6 Å². The van der Waals surface area contributed by atoms with Crippen molar-refractivity contribution in [2.45, 2.75) is 26.2 Å². The zero-order valence-corrected chi connectivity index (χ0v) is 17.9. The summed E-state index contributed by atoms with van der Waals surface area (Å²) in [7, 11) is 1.64. The number of para-hydroxylation sites is 1. The van der Waals surface area contributed by atoms with Crippen LogP contribution in [0.5, 0.6) is 11.5 Å². The Morgan fingerprint density at radius 1 is 1.34 bits per heavy atom. The molecule has 3 heterocycles. The highest BCUT2D eigenvalue weighted by atomic mass is 32.1. The molecule has 2 aliphatic rings. The minimum absolute atomic E-state index is 0.0287. The van der Waals surface area contributed by atoms with Gasteiger partial charge in [-0.05, 0) is 12.0 Å². The van der Waals surface area contributed by atoms with E-state index in [4.69, 9.17) is 19.2 Å². The predicted octanol–water partition coefficient (Wildman–Crippen LogP) is 3.50. The fourth-order valence-electron chi connectivity index (χ4n) is 3.62. The van der Waals surface area contributed by atoms with Crippen molar-refractivity contribution in [3.63, 3.8) is 0 Å². The molecule has 1 N–H and O–H groups in total. The molecule has 0 bridgehead atoms. The number of nitrogens with one attached hydrogen (secondary N) is 1. The van der Waals surface area contributed by atoms with Gasteiger partial charge in [-0.15, -0.1) is 0 Å². The topological polar surface area (TPSA) is 72.9 Å². The fourth-order valence-corrected chi connectivity index (χ4v) is 4.81. The number of hydrogen-bond donors (Lipinski definition) is 1. The number of ether oxygens (including phenoxy) is 3. The Kier molecular flexibility index (Phi) is 5.91. The molecule has 2 aliphatic heterocycles. The second-order valence-corrected chi connectivity index (χ2v) is 8.71. The highest BCUT2D eigenvalue weighted by Gasteiger charge is 2.34. The molecule has 1 unspecified atom stereocenters. The maximum atomic E-state index is 12.5. The van der Waals surface area contributed by atoms with E-state index < -0.39 is 0 Å². The Bertz CT molecular complexity index is 877. The molecule has 4 rings (SSSR count). The number of benzene rings is 1. The number of carbonyl (C=O) groups excluding carboxylic acids is 1. The van der Waals surface area contributed by atoms with Gasteiger partial charge in [-0.2, -0.15) is 0 Å². The zero-order chi connectivity index (χ0) is 20.4. The van der Waals surface area contributed by atoms with Crippen molar-refractivity contribution in [2.75, 3.05) is 50.2 Å². The van der Waals surface area contributed by atoms with Gasteiger partial charge in [0.2, 0.25) is 5.91 Å². The molecular formula is C21H27N3O4S. The van der Waals surface area contributed by atoms with Crippen molar-refractivity contribution >= 4 is 28.2 Å². The second kappa shape index (κ2) is 8.59. The lowest BCUT2D eigenvalue weighted by molar-refractivity contribution is -0.116. The molecule has 0 aliphatic carbocycles. The van der Waals surface area contributed by atoms with Gasteiger partial charge < -0.3 is 24.4 Å². The summed E-state index contributed by atoms with van der Waals surface area (Å²) in [5.41, 5.74) is 0.971. The largest absolute Gasteiger partial charge is 0.493 e. The van der Waals surface area contributed by atoms with Crippen molar-refractivity contribution in [3.05, 3.63) is 28.6 Å². The maximum absolute atomic E-state index is 12.5. The number of rotatable bonds is 6. The Hall–Kier alpha value is -2.32. The molecule has 1 saturated heterocycles. The summed E-state index contributed by atoms with van der Waals surface area (Å²) in [5.74, 6) is 2.32. The molecule has 8 heteroatoms. The summed E-state index contributed by atoms with van der Waals surface area (Å²) in [6.07, 6.45) is 0.364. The van der Waals surface area contributed by atoms with Crippen molar-refractivity contribution in [3.8, 4) is 11.5 Å². The lowest BCUT2D eigenvalue weighted by atomic mass is 9.90. The second-order valence-electron chi connectivity index (χ2n) is 7.70. The fraction of sp³-hybridized carbons (Fsp3) is 0.524. The summed E-state index contributed by atoms with van der Waals surface area (Å²) < 4.78 is 17.2. The van der Waals surface area contributed by atoms with Crippen molar-refractivity contribution in [1.29, 1.82) is 0 Å². The molecule has 1 amide bonds. The zero-order valence-electron chi connectivity index (χ0n) is 17.1. The van der Waals surface area contributed by atoms with E-state index in [0.717, 1.165) is 34.4 Å². The van der Waals surface area contributed by atoms with Crippen LogP contribution in [0.15, 0.2) is 18.2 Å². The van der Waals surface area contributed by atoms with Crippen LogP contribution in [0.25, 0.3) is 0 Å². The van der Waals surface area contributed by atoms with Gasteiger partial charge in [0.1, 0.15) is 5.82 Å². The molecule has 0 saturated carbocycles. The standard InChI is InChI=1S/C21H27N3O4S/c1-13(2)12-28-18-14(5-4-6-16(18)26-3)15-11-17(25)22-20-19(15)29-21(23-20)24-7-9-27-10-8-24/h4-6,13,15H,7-12H2,1-3H3,(H,22,25). The van der Waals surface area contributed by atoms with Crippen LogP contribution in [0, 0.1) is 5.92 Å². The van der Waals surface area contributed by atoms with Gasteiger partial charge >= 0.3 is 0 Å². The molecule has 0 radical (unpaired) electrons. The van der Waals surface area contributed by atoms with E-state index in [-0.39, 0.29) is 11.8 Å². The van der Waals surface area contributed by atoms with Gasteiger partial charge in [-0.25, -0.2) is 4.98 Å². The Labute approximate surface area is 175 Å². The number of thiazole rings is 1. The van der Waals surface area contributed by atoms with Gasteiger partial charge in [0.25, 0.3) is 0 Å². The monoisotopic (exact) mass is 417 g/mol. The Morgan fingerprint density at radius 2 is 2.14 bits per heavy atom. The number of nitrogens with zero attached hydrogens (tertiary/aromatic N) is 2. The van der Waals surface area contributed by atoms with Crippen LogP contribution < -0.4 is 19.7 Å². The molecule has 2 aromatic rings. The number of fused-ring (bicyclic) bond motifs is 1. The molecular weight excluding hydrogens is 390 g/mol. The number of morpholine rings is 1. The van der Waals surface area contributed by atoms with E-state index in [0.29, 0.717) is 43.7 Å². The third-order valence-electron chi connectivity index (χ3n) is 5.05. The van der Waals surface area contributed by atoms with E-state index in [1.54, 1.807) is 18.4 Å². The summed E-state index contributed by atoms with van der Waals surface area (Å²) in [5, 5.41) is 3.88.